The van der Waals surface area contributed by atoms with Crippen molar-refractivity contribution in [3.63, 3.8) is 0 Å². The Kier molecular flexibility index (Phi) is 5.11. The molecule has 0 radical (unpaired) electrons. The third-order valence-corrected chi connectivity index (χ3v) is 6.05. The number of carbonyl (C=O) groups is 1. The SMILES string of the molecule is CC(C)n1nc(C(=O)N2CC3CN(c4cc(C(C)(C)C)ncn4)CC3C2)ccc1=O. The molecule has 1 amide bonds. The first kappa shape index (κ1) is 20.5. The molecule has 0 N–H and O–H groups in total. The molecule has 8 nitrogen and oxygen atoms in total. The van der Waals surface area contributed by atoms with Crippen LogP contribution in [0.4, 0.5) is 5.82 Å². The normalized spacial score (nSPS) is 21.4. The van der Waals surface area contributed by atoms with E-state index in [-0.39, 0.29) is 22.9 Å². The summed E-state index contributed by atoms with van der Waals surface area (Å²) < 4.78 is 1.37. The molecule has 2 aliphatic rings. The monoisotopic (exact) mass is 410 g/mol. The minimum absolute atomic E-state index is 0.0179. The van der Waals surface area contributed by atoms with E-state index in [9.17, 15) is 9.59 Å². The number of likely N-dealkylation sites (tertiary alicyclic amines) is 1. The number of rotatable bonds is 3. The first-order valence-corrected chi connectivity index (χ1v) is 10.6. The van der Waals surface area contributed by atoms with Crippen molar-refractivity contribution in [3.8, 4) is 0 Å². The molecule has 160 valence electrons. The van der Waals surface area contributed by atoms with Crippen LogP contribution in [0.1, 0.15) is 56.8 Å². The zero-order valence-electron chi connectivity index (χ0n) is 18.4. The lowest BCUT2D eigenvalue weighted by Crippen LogP contribution is -2.35. The van der Waals surface area contributed by atoms with Gasteiger partial charge in [0.05, 0.1) is 11.7 Å². The van der Waals surface area contributed by atoms with Gasteiger partial charge in [0.2, 0.25) is 0 Å². The molecule has 0 saturated carbocycles. The summed E-state index contributed by atoms with van der Waals surface area (Å²) in [6, 6.07) is 4.98. The largest absolute Gasteiger partial charge is 0.356 e. The van der Waals surface area contributed by atoms with Gasteiger partial charge in [0.25, 0.3) is 11.5 Å². The highest BCUT2D eigenvalue weighted by Gasteiger charge is 2.42. The number of amides is 1. The van der Waals surface area contributed by atoms with Gasteiger partial charge in [0.15, 0.2) is 0 Å². The van der Waals surface area contributed by atoms with E-state index in [4.69, 9.17) is 0 Å². The van der Waals surface area contributed by atoms with E-state index >= 15 is 0 Å². The fourth-order valence-electron chi connectivity index (χ4n) is 4.35. The van der Waals surface area contributed by atoms with Gasteiger partial charge in [0, 0.05) is 55.6 Å². The number of fused-ring (bicyclic) bond motifs is 1. The maximum atomic E-state index is 13.0. The Hall–Kier alpha value is -2.77. The van der Waals surface area contributed by atoms with Gasteiger partial charge < -0.3 is 9.80 Å². The molecule has 2 atom stereocenters. The van der Waals surface area contributed by atoms with E-state index in [1.807, 2.05) is 18.7 Å². The summed E-state index contributed by atoms with van der Waals surface area (Å²) in [5.41, 5.74) is 1.17. The van der Waals surface area contributed by atoms with Crippen LogP contribution in [0.3, 0.4) is 0 Å². The Bertz CT molecular complexity index is 995. The van der Waals surface area contributed by atoms with Crippen LogP contribution in [0.2, 0.25) is 0 Å². The molecule has 30 heavy (non-hydrogen) atoms. The summed E-state index contributed by atoms with van der Waals surface area (Å²) >= 11 is 0. The summed E-state index contributed by atoms with van der Waals surface area (Å²) in [6.07, 6.45) is 1.65. The lowest BCUT2D eigenvalue weighted by atomic mass is 9.92. The molecule has 2 aliphatic heterocycles. The van der Waals surface area contributed by atoms with Gasteiger partial charge in [-0.05, 0) is 19.9 Å². The highest BCUT2D eigenvalue weighted by Crippen LogP contribution is 2.34. The summed E-state index contributed by atoms with van der Waals surface area (Å²) in [5, 5.41) is 4.29. The van der Waals surface area contributed by atoms with Crippen LogP contribution in [0.5, 0.6) is 0 Å². The van der Waals surface area contributed by atoms with Crippen LogP contribution >= 0.6 is 0 Å². The van der Waals surface area contributed by atoms with Crippen LogP contribution in [0.15, 0.2) is 29.3 Å². The van der Waals surface area contributed by atoms with Crippen molar-refractivity contribution in [3.05, 3.63) is 46.3 Å². The highest BCUT2D eigenvalue weighted by atomic mass is 16.2. The Morgan fingerprint density at radius 2 is 1.73 bits per heavy atom. The quantitative estimate of drug-likeness (QED) is 0.771. The Morgan fingerprint density at radius 3 is 2.33 bits per heavy atom. The van der Waals surface area contributed by atoms with Gasteiger partial charge in [-0.3, -0.25) is 9.59 Å². The van der Waals surface area contributed by atoms with Gasteiger partial charge in [-0.1, -0.05) is 20.8 Å². The van der Waals surface area contributed by atoms with Crippen LogP contribution in [0, 0.1) is 11.8 Å². The first-order chi connectivity index (χ1) is 14.1. The molecule has 2 saturated heterocycles. The van der Waals surface area contributed by atoms with Gasteiger partial charge in [-0.25, -0.2) is 14.6 Å². The molecule has 2 aromatic heterocycles. The maximum absolute atomic E-state index is 13.0. The van der Waals surface area contributed by atoms with E-state index in [1.54, 1.807) is 12.4 Å². The van der Waals surface area contributed by atoms with E-state index in [0.29, 0.717) is 30.6 Å². The summed E-state index contributed by atoms with van der Waals surface area (Å²) in [6.45, 7) is 13.4. The molecule has 2 unspecified atom stereocenters. The average Bonchev–Trinajstić information content (AvgIpc) is 3.26. The maximum Gasteiger partial charge on any atom is 0.274 e. The lowest BCUT2D eigenvalue weighted by molar-refractivity contribution is 0.0773. The van der Waals surface area contributed by atoms with Crippen LogP contribution < -0.4 is 10.5 Å². The van der Waals surface area contributed by atoms with Crippen LogP contribution in [-0.4, -0.2) is 56.7 Å². The number of hydrogen-bond acceptors (Lipinski definition) is 6. The Morgan fingerprint density at radius 1 is 1.07 bits per heavy atom. The fourth-order valence-corrected chi connectivity index (χ4v) is 4.35. The van der Waals surface area contributed by atoms with E-state index < -0.39 is 0 Å². The second-order valence-corrected chi connectivity index (χ2v) is 9.74. The van der Waals surface area contributed by atoms with Crippen LogP contribution in [-0.2, 0) is 5.41 Å². The average molecular weight is 411 g/mol. The molecular formula is C22H30N6O2. The van der Waals surface area contributed by atoms with Crippen molar-refractivity contribution in [1.82, 2.24) is 24.6 Å². The summed E-state index contributed by atoms with van der Waals surface area (Å²) in [4.78, 5) is 38.0. The molecule has 0 aromatic carbocycles. The number of hydrogen-bond donors (Lipinski definition) is 0. The molecule has 2 aromatic rings. The molecule has 8 heteroatoms. The fraction of sp³-hybridized carbons (Fsp3) is 0.591. The summed E-state index contributed by atoms with van der Waals surface area (Å²) in [7, 11) is 0. The summed E-state index contributed by atoms with van der Waals surface area (Å²) in [5.74, 6) is 1.70. The standard InChI is InChI=1S/C22H30N6O2/c1-14(2)28-20(29)7-6-17(25-28)21(30)27-11-15-9-26(10-16(15)12-27)19-8-18(22(3,4)5)23-13-24-19/h6-8,13-16H,9-12H2,1-5H3. The van der Waals surface area contributed by atoms with E-state index in [0.717, 1.165) is 24.6 Å². The molecule has 0 bridgehead atoms. The zero-order valence-corrected chi connectivity index (χ0v) is 18.4. The Balaban J connectivity index is 1.45. The number of anilines is 1. The van der Waals surface area contributed by atoms with E-state index in [1.165, 1.54) is 10.7 Å². The molecule has 0 spiro atoms. The van der Waals surface area contributed by atoms with Gasteiger partial charge >= 0.3 is 0 Å². The zero-order chi connectivity index (χ0) is 21.6. The van der Waals surface area contributed by atoms with Crippen molar-refractivity contribution in [2.75, 3.05) is 31.1 Å². The predicted molar refractivity (Wildman–Crippen MR) is 115 cm³/mol. The van der Waals surface area contributed by atoms with Crippen molar-refractivity contribution in [2.45, 2.75) is 46.1 Å². The predicted octanol–water partition coefficient (Wildman–Crippen LogP) is 2.12. The third kappa shape index (κ3) is 3.82. The molecule has 4 rings (SSSR count). The lowest BCUT2D eigenvalue weighted by Gasteiger charge is -2.24. The minimum Gasteiger partial charge on any atom is -0.356 e. The molecule has 2 fully saturated rings. The highest BCUT2D eigenvalue weighted by molar-refractivity contribution is 5.92. The first-order valence-electron chi connectivity index (χ1n) is 10.6. The molecule has 0 aliphatic carbocycles. The van der Waals surface area contributed by atoms with Gasteiger partial charge in [-0.2, -0.15) is 5.10 Å². The van der Waals surface area contributed by atoms with E-state index in [2.05, 4.69) is 46.8 Å². The van der Waals surface area contributed by atoms with Crippen molar-refractivity contribution >= 4 is 11.7 Å². The van der Waals surface area contributed by atoms with Crippen molar-refractivity contribution < 1.29 is 4.79 Å². The number of aromatic nitrogens is 4. The molecular weight excluding hydrogens is 380 g/mol. The van der Waals surface area contributed by atoms with Crippen molar-refractivity contribution in [1.29, 1.82) is 0 Å². The van der Waals surface area contributed by atoms with Crippen LogP contribution in [0.25, 0.3) is 0 Å². The Labute approximate surface area is 176 Å². The minimum atomic E-state index is -0.185. The number of nitrogens with zero attached hydrogens (tertiary/aromatic N) is 6. The van der Waals surface area contributed by atoms with Gasteiger partial charge in [0.1, 0.15) is 17.8 Å². The number of carbonyl (C=O) groups excluding carboxylic acids is 1. The smallest absolute Gasteiger partial charge is 0.274 e. The second-order valence-electron chi connectivity index (χ2n) is 9.74. The van der Waals surface area contributed by atoms with Gasteiger partial charge in [-0.15, -0.1) is 0 Å². The topological polar surface area (TPSA) is 84.2 Å². The molecule has 4 heterocycles. The second kappa shape index (κ2) is 7.49. The third-order valence-electron chi connectivity index (χ3n) is 6.05. The van der Waals surface area contributed by atoms with Crippen molar-refractivity contribution in [2.24, 2.45) is 11.8 Å².